The van der Waals surface area contributed by atoms with Gasteiger partial charge in [0.15, 0.2) is 5.13 Å². The lowest BCUT2D eigenvalue weighted by Crippen LogP contribution is -2.43. The number of hydrogen-bond acceptors (Lipinski definition) is 9. The molecule has 0 bridgehead atoms. The normalized spacial score (nSPS) is 17.8. The molecule has 0 unspecified atom stereocenters. The Hall–Kier alpha value is -2.06. The predicted octanol–water partition coefficient (Wildman–Crippen LogP) is 3.02. The van der Waals surface area contributed by atoms with Crippen molar-refractivity contribution in [2.75, 3.05) is 76.9 Å². The zero-order valence-corrected chi connectivity index (χ0v) is 23.1. The third-order valence-electron chi connectivity index (χ3n) is 6.51. The Balaban J connectivity index is 1.40. The number of amides is 1. The molecular formula is C25H30N4O5S3. The summed E-state index contributed by atoms with van der Waals surface area (Å²) in [6.45, 7) is 5.62. The van der Waals surface area contributed by atoms with Gasteiger partial charge in [-0.1, -0.05) is 11.3 Å². The number of rotatable bonds is 8. The summed E-state index contributed by atoms with van der Waals surface area (Å²) in [6, 6.07) is 12.3. The van der Waals surface area contributed by atoms with E-state index in [2.05, 4.69) is 11.0 Å². The molecule has 3 aromatic rings. The molecule has 0 spiro atoms. The highest BCUT2D eigenvalue weighted by molar-refractivity contribution is 7.98. The lowest BCUT2D eigenvalue weighted by Gasteiger charge is -2.29. The number of hydrogen-bond donors (Lipinski definition) is 0. The molecule has 12 heteroatoms. The maximum absolute atomic E-state index is 13.7. The Morgan fingerprint density at radius 3 is 2.38 bits per heavy atom. The number of carbonyl (C=O) groups excluding carboxylic acids is 1. The molecule has 0 radical (unpaired) electrons. The summed E-state index contributed by atoms with van der Waals surface area (Å²) in [5, 5.41) is 0.636. The van der Waals surface area contributed by atoms with E-state index in [0.29, 0.717) is 63.3 Å². The molecule has 2 saturated heterocycles. The molecule has 2 aromatic carbocycles. The first-order valence-corrected chi connectivity index (χ1v) is 15.7. The average molecular weight is 563 g/mol. The molecule has 0 N–H and O–H groups in total. The van der Waals surface area contributed by atoms with Crippen molar-refractivity contribution >= 4 is 54.4 Å². The number of aromatic nitrogens is 1. The Bertz CT molecular complexity index is 1330. The second-order valence-electron chi connectivity index (χ2n) is 8.78. The largest absolute Gasteiger partial charge is 0.379 e. The van der Waals surface area contributed by atoms with Crippen molar-refractivity contribution in [1.82, 2.24) is 14.2 Å². The van der Waals surface area contributed by atoms with Crippen molar-refractivity contribution in [1.29, 1.82) is 0 Å². The van der Waals surface area contributed by atoms with Crippen LogP contribution in [0.3, 0.4) is 0 Å². The fourth-order valence-electron chi connectivity index (χ4n) is 4.35. The van der Waals surface area contributed by atoms with Gasteiger partial charge in [0.05, 0.1) is 41.5 Å². The van der Waals surface area contributed by atoms with E-state index >= 15 is 0 Å². The van der Waals surface area contributed by atoms with Crippen molar-refractivity contribution in [3.63, 3.8) is 0 Å². The number of ether oxygens (including phenoxy) is 2. The van der Waals surface area contributed by atoms with Gasteiger partial charge in [-0.15, -0.1) is 11.8 Å². The molecule has 0 aliphatic carbocycles. The van der Waals surface area contributed by atoms with E-state index in [9.17, 15) is 13.2 Å². The van der Waals surface area contributed by atoms with E-state index in [1.54, 1.807) is 28.8 Å². The van der Waals surface area contributed by atoms with Crippen LogP contribution in [0.25, 0.3) is 10.2 Å². The molecule has 9 nitrogen and oxygen atoms in total. The first-order valence-electron chi connectivity index (χ1n) is 12.2. The summed E-state index contributed by atoms with van der Waals surface area (Å²) >= 11 is 3.16. The van der Waals surface area contributed by atoms with Crippen molar-refractivity contribution in [3.05, 3.63) is 48.0 Å². The topological polar surface area (TPSA) is 92.3 Å². The summed E-state index contributed by atoms with van der Waals surface area (Å²) in [5.74, 6) is -0.201. The minimum Gasteiger partial charge on any atom is -0.379 e. The first kappa shape index (κ1) is 26.5. The first-order chi connectivity index (χ1) is 18.0. The number of carbonyl (C=O) groups is 1. The van der Waals surface area contributed by atoms with Crippen molar-refractivity contribution < 1.29 is 22.7 Å². The Kier molecular flexibility index (Phi) is 8.44. The van der Waals surface area contributed by atoms with Crippen LogP contribution < -0.4 is 4.90 Å². The van der Waals surface area contributed by atoms with E-state index in [4.69, 9.17) is 14.5 Å². The Morgan fingerprint density at radius 1 is 1.03 bits per heavy atom. The molecule has 1 aromatic heterocycles. The van der Waals surface area contributed by atoms with E-state index in [-0.39, 0.29) is 10.8 Å². The van der Waals surface area contributed by atoms with Crippen LogP contribution >= 0.6 is 23.1 Å². The monoisotopic (exact) mass is 562 g/mol. The lowest BCUT2D eigenvalue weighted by atomic mass is 10.2. The van der Waals surface area contributed by atoms with E-state index in [1.165, 1.54) is 27.8 Å². The number of thiazole rings is 1. The van der Waals surface area contributed by atoms with Crippen molar-refractivity contribution in [2.45, 2.75) is 9.79 Å². The van der Waals surface area contributed by atoms with Crippen LogP contribution in [-0.4, -0.2) is 100 Å². The van der Waals surface area contributed by atoms with Crippen LogP contribution in [0, 0.1) is 0 Å². The zero-order chi connectivity index (χ0) is 25.8. The van der Waals surface area contributed by atoms with Crippen LogP contribution in [0.5, 0.6) is 0 Å². The average Bonchev–Trinajstić information content (AvgIpc) is 3.37. The molecular weight excluding hydrogens is 532 g/mol. The molecule has 5 rings (SSSR count). The van der Waals surface area contributed by atoms with Crippen LogP contribution in [-0.2, 0) is 19.5 Å². The number of thioether (sulfide) groups is 1. The van der Waals surface area contributed by atoms with Crippen LogP contribution in [0.15, 0.2) is 52.3 Å². The van der Waals surface area contributed by atoms with Gasteiger partial charge in [0, 0.05) is 49.7 Å². The maximum atomic E-state index is 13.7. The van der Waals surface area contributed by atoms with Gasteiger partial charge in [-0.25, -0.2) is 13.4 Å². The third kappa shape index (κ3) is 6.00. The summed E-state index contributed by atoms with van der Waals surface area (Å²) in [7, 11) is -3.63. The fraction of sp³-hybridized carbons (Fsp3) is 0.440. The van der Waals surface area contributed by atoms with E-state index in [0.717, 1.165) is 28.2 Å². The van der Waals surface area contributed by atoms with Crippen molar-refractivity contribution in [3.8, 4) is 0 Å². The van der Waals surface area contributed by atoms with Gasteiger partial charge in [0.2, 0.25) is 10.0 Å². The van der Waals surface area contributed by atoms with Gasteiger partial charge in [0.1, 0.15) is 0 Å². The molecule has 2 aliphatic heterocycles. The quantitative estimate of drug-likeness (QED) is 0.387. The summed E-state index contributed by atoms with van der Waals surface area (Å²) in [4.78, 5) is 23.8. The molecule has 2 fully saturated rings. The van der Waals surface area contributed by atoms with E-state index < -0.39 is 10.0 Å². The van der Waals surface area contributed by atoms with Gasteiger partial charge in [0.25, 0.3) is 5.91 Å². The summed E-state index contributed by atoms with van der Waals surface area (Å²) in [5.41, 5.74) is 1.28. The second-order valence-corrected chi connectivity index (χ2v) is 12.6. The number of anilines is 1. The van der Waals surface area contributed by atoms with Gasteiger partial charge >= 0.3 is 0 Å². The zero-order valence-electron chi connectivity index (χ0n) is 20.7. The number of nitrogens with zero attached hydrogens (tertiary/aromatic N) is 4. The minimum atomic E-state index is -3.63. The van der Waals surface area contributed by atoms with Crippen LogP contribution in [0.4, 0.5) is 5.13 Å². The highest BCUT2D eigenvalue weighted by Gasteiger charge is 2.28. The number of morpholine rings is 2. The molecule has 0 atom stereocenters. The molecule has 0 saturated carbocycles. The molecule has 3 heterocycles. The maximum Gasteiger partial charge on any atom is 0.260 e. The minimum absolute atomic E-state index is 0.176. The Labute approximate surface area is 225 Å². The smallest absolute Gasteiger partial charge is 0.260 e. The summed E-state index contributed by atoms with van der Waals surface area (Å²) < 4.78 is 39.2. The van der Waals surface area contributed by atoms with Gasteiger partial charge in [-0.2, -0.15) is 4.31 Å². The number of benzene rings is 2. The van der Waals surface area contributed by atoms with Crippen molar-refractivity contribution in [2.24, 2.45) is 0 Å². The predicted molar refractivity (Wildman–Crippen MR) is 146 cm³/mol. The molecule has 1 amide bonds. The fourth-order valence-corrected chi connectivity index (χ4v) is 7.30. The van der Waals surface area contributed by atoms with Crippen LogP contribution in [0.2, 0.25) is 0 Å². The highest BCUT2D eigenvalue weighted by atomic mass is 32.2. The van der Waals surface area contributed by atoms with Gasteiger partial charge in [-0.3, -0.25) is 14.6 Å². The highest BCUT2D eigenvalue weighted by Crippen LogP contribution is 2.32. The van der Waals surface area contributed by atoms with Crippen LogP contribution in [0.1, 0.15) is 10.4 Å². The summed E-state index contributed by atoms with van der Waals surface area (Å²) in [6.07, 6.45) is 2.03. The standard InChI is InChI=1S/C25H30N4O5S3/c1-35-20-4-7-22-23(18-20)36-25(26-22)29(9-8-27-10-14-33-15-11-27)24(30)19-2-5-21(6-3-19)37(31,32)28-12-16-34-17-13-28/h2-7,18H,8-17H2,1H3. The molecule has 198 valence electrons. The lowest BCUT2D eigenvalue weighted by molar-refractivity contribution is 0.0391. The number of sulfonamides is 1. The third-order valence-corrected chi connectivity index (χ3v) is 10.2. The van der Waals surface area contributed by atoms with E-state index in [1.807, 2.05) is 18.4 Å². The second kappa shape index (κ2) is 11.8. The van der Waals surface area contributed by atoms with Gasteiger partial charge < -0.3 is 9.47 Å². The number of fused-ring (bicyclic) bond motifs is 1. The molecule has 37 heavy (non-hydrogen) atoms. The Morgan fingerprint density at radius 2 is 1.70 bits per heavy atom. The SMILES string of the molecule is CSc1ccc2nc(N(CCN3CCOCC3)C(=O)c3ccc(S(=O)(=O)N4CCOCC4)cc3)sc2c1. The molecule has 2 aliphatic rings. The van der Waals surface area contributed by atoms with Gasteiger partial charge in [-0.05, 0) is 48.7 Å².